The molecule has 0 spiro atoms. The molecule has 5 nitrogen and oxygen atoms in total. The molecule has 2 heterocycles. The van der Waals surface area contributed by atoms with Crippen molar-refractivity contribution in [2.45, 2.75) is 36.4 Å². The molecule has 8 heteroatoms. The smallest absolute Gasteiger partial charge is 0.250 e. The van der Waals surface area contributed by atoms with Gasteiger partial charge in [0.1, 0.15) is 4.21 Å². The number of rotatable bonds is 10. The van der Waals surface area contributed by atoms with Crippen molar-refractivity contribution >= 4 is 38.6 Å². The number of unbranched alkanes of at least 4 members (excludes halogenated alkanes) is 2. The highest BCUT2D eigenvalue weighted by Gasteiger charge is 2.13. The Morgan fingerprint density at radius 3 is 2.52 bits per heavy atom. The summed E-state index contributed by atoms with van der Waals surface area (Å²) in [5.74, 6) is 0.0394. The van der Waals surface area contributed by atoms with Crippen molar-refractivity contribution in [1.29, 1.82) is 0 Å². The third kappa shape index (κ3) is 6.42. The van der Waals surface area contributed by atoms with E-state index in [1.807, 2.05) is 17.5 Å². The first-order valence-electron chi connectivity index (χ1n) is 7.40. The Bertz CT molecular complexity index is 680. The van der Waals surface area contributed by atoms with Crippen LogP contribution in [0.4, 0.5) is 0 Å². The Hall–Kier alpha value is -1.22. The van der Waals surface area contributed by atoms with E-state index < -0.39 is 10.0 Å². The van der Waals surface area contributed by atoms with Gasteiger partial charge < -0.3 is 5.32 Å². The maximum atomic E-state index is 11.9. The largest absolute Gasteiger partial charge is 0.351 e. The van der Waals surface area contributed by atoms with Gasteiger partial charge in [-0.1, -0.05) is 18.6 Å². The van der Waals surface area contributed by atoms with Gasteiger partial charge >= 0.3 is 0 Å². The van der Waals surface area contributed by atoms with Crippen molar-refractivity contribution < 1.29 is 13.2 Å². The highest BCUT2D eigenvalue weighted by Crippen LogP contribution is 2.15. The van der Waals surface area contributed by atoms with Gasteiger partial charge in [-0.25, -0.2) is 13.1 Å². The van der Waals surface area contributed by atoms with Gasteiger partial charge in [0.15, 0.2) is 0 Å². The fraction of sp³-hybridized carbons (Fsp3) is 0.400. The van der Waals surface area contributed by atoms with Crippen molar-refractivity contribution in [2.75, 3.05) is 6.54 Å². The minimum absolute atomic E-state index is 0.0394. The lowest BCUT2D eigenvalue weighted by Gasteiger charge is -2.05. The summed E-state index contributed by atoms with van der Waals surface area (Å²) in [4.78, 5) is 12.8. The first-order chi connectivity index (χ1) is 11.1. The van der Waals surface area contributed by atoms with Gasteiger partial charge in [-0.15, -0.1) is 22.7 Å². The van der Waals surface area contributed by atoms with Crippen molar-refractivity contribution in [1.82, 2.24) is 10.0 Å². The zero-order chi connectivity index (χ0) is 16.5. The number of sulfonamides is 1. The quantitative estimate of drug-likeness (QED) is 0.630. The molecule has 0 radical (unpaired) electrons. The van der Waals surface area contributed by atoms with Crippen LogP contribution in [-0.2, 0) is 21.4 Å². The second-order valence-electron chi connectivity index (χ2n) is 5.00. The van der Waals surface area contributed by atoms with E-state index in [2.05, 4.69) is 10.0 Å². The van der Waals surface area contributed by atoms with Crippen LogP contribution in [0.2, 0.25) is 0 Å². The molecule has 2 N–H and O–H groups in total. The lowest BCUT2D eigenvalue weighted by molar-refractivity contribution is -0.121. The lowest BCUT2D eigenvalue weighted by atomic mass is 10.2. The summed E-state index contributed by atoms with van der Waals surface area (Å²) in [5, 5.41) is 6.60. The number of thiophene rings is 2. The third-order valence-electron chi connectivity index (χ3n) is 3.17. The number of carbonyl (C=O) groups is 1. The second-order valence-corrected chi connectivity index (χ2v) is 8.97. The fourth-order valence-corrected chi connectivity index (χ4v) is 4.72. The van der Waals surface area contributed by atoms with Crippen molar-refractivity contribution in [2.24, 2.45) is 0 Å². The first kappa shape index (κ1) is 18.1. The van der Waals surface area contributed by atoms with E-state index in [1.165, 1.54) is 11.3 Å². The summed E-state index contributed by atoms with van der Waals surface area (Å²) in [5.41, 5.74) is 0. The van der Waals surface area contributed by atoms with Crippen LogP contribution in [-0.4, -0.2) is 20.9 Å². The molecule has 0 bridgehead atoms. The second kappa shape index (κ2) is 9.17. The SMILES string of the molecule is O=C(CCCCCNS(=O)(=O)c1cccs1)NCc1cccs1. The molecule has 2 aromatic heterocycles. The van der Waals surface area contributed by atoms with Gasteiger partial charge in [0.25, 0.3) is 0 Å². The van der Waals surface area contributed by atoms with Crippen molar-refractivity contribution in [3.05, 3.63) is 39.9 Å². The van der Waals surface area contributed by atoms with Crippen LogP contribution in [0.15, 0.2) is 39.2 Å². The Balaban J connectivity index is 1.53. The van der Waals surface area contributed by atoms with E-state index in [0.29, 0.717) is 23.7 Å². The van der Waals surface area contributed by atoms with Gasteiger partial charge in [-0.05, 0) is 35.7 Å². The summed E-state index contributed by atoms with van der Waals surface area (Å²) in [6.07, 6.45) is 2.78. The van der Waals surface area contributed by atoms with Crippen LogP contribution < -0.4 is 10.0 Å². The minimum Gasteiger partial charge on any atom is -0.351 e. The number of hydrogen-bond acceptors (Lipinski definition) is 5. The molecule has 0 atom stereocenters. The standard InChI is InChI=1S/C15H20N2O3S3/c18-14(16-12-13-6-4-10-21-13)7-2-1-3-9-17-23(19,20)15-8-5-11-22-15/h4-6,8,10-11,17H,1-3,7,9,12H2,(H,16,18). The Morgan fingerprint density at radius 1 is 1.04 bits per heavy atom. The molecular weight excluding hydrogens is 352 g/mol. The van der Waals surface area contributed by atoms with Crippen LogP contribution in [0, 0.1) is 0 Å². The van der Waals surface area contributed by atoms with E-state index in [9.17, 15) is 13.2 Å². The minimum atomic E-state index is -3.36. The van der Waals surface area contributed by atoms with E-state index in [4.69, 9.17) is 0 Å². The molecule has 2 rings (SSSR count). The summed E-state index contributed by atoms with van der Waals surface area (Å²) in [6, 6.07) is 7.26. The number of amides is 1. The maximum absolute atomic E-state index is 11.9. The van der Waals surface area contributed by atoms with Crippen molar-refractivity contribution in [3.63, 3.8) is 0 Å². The molecule has 0 saturated carbocycles. The lowest BCUT2D eigenvalue weighted by Crippen LogP contribution is -2.24. The Kier molecular flexibility index (Phi) is 7.22. The van der Waals surface area contributed by atoms with Crippen molar-refractivity contribution in [3.8, 4) is 0 Å². The molecule has 0 aliphatic rings. The maximum Gasteiger partial charge on any atom is 0.250 e. The monoisotopic (exact) mass is 372 g/mol. The van der Waals surface area contributed by atoms with E-state index in [1.54, 1.807) is 28.8 Å². The molecule has 126 valence electrons. The Labute approximate surface area is 144 Å². The zero-order valence-corrected chi connectivity index (χ0v) is 15.1. The van der Waals surface area contributed by atoms with Gasteiger partial charge in [-0.3, -0.25) is 4.79 Å². The van der Waals surface area contributed by atoms with Crippen LogP contribution in [0.3, 0.4) is 0 Å². The third-order valence-corrected chi connectivity index (χ3v) is 6.91. The molecule has 0 aliphatic carbocycles. The van der Waals surface area contributed by atoms with Gasteiger partial charge in [-0.2, -0.15) is 0 Å². The van der Waals surface area contributed by atoms with Gasteiger partial charge in [0.2, 0.25) is 15.9 Å². The number of carbonyl (C=O) groups excluding carboxylic acids is 1. The molecular formula is C15H20N2O3S3. The van der Waals surface area contributed by atoms with Crippen LogP contribution in [0.5, 0.6) is 0 Å². The molecule has 23 heavy (non-hydrogen) atoms. The van der Waals surface area contributed by atoms with E-state index in [-0.39, 0.29) is 5.91 Å². The van der Waals surface area contributed by atoms with Crippen LogP contribution >= 0.6 is 22.7 Å². The normalized spacial score (nSPS) is 11.5. The molecule has 0 unspecified atom stereocenters. The zero-order valence-electron chi connectivity index (χ0n) is 12.7. The Morgan fingerprint density at radius 2 is 1.83 bits per heavy atom. The highest BCUT2D eigenvalue weighted by atomic mass is 32.2. The predicted octanol–water partition coefficient (Wildman–Crippen LogP) is 2.96. The summed E-state index contributed by atoms with van der Waals surface area (Å²) >= 11 is 2.83. The molecule has 0 fully saturated rings. The highest BCUT2D eigenvalue weighted by molar-refractivity contribution is 7.91. The molecule has 2 aromatic rings. The number of hydrogen-bond donors (Lipinski definition) is 2. The summed E-state index contributed by atoms with van der Waals surface area (Å²) in [6.45, 7) is 0.980. The molecule has 0 saturated heterocycles. The van der Waals surface area contributed by atoms with Gasteiger partial charge in [0.05, 0.1) is 6.54 Å². The average molecular weight is 373 g/mol. The first-order valence-corrected chi connectivity index (χ1v) is 10.6. The average Bonchev–Trinajstić information content (AvgIpc) is 3.22. The van der Waals surface area contributed by atoms with Crippen LogP contribution in [0.1, 0.15) is 30.6 Å². The van der Waals surface area contributed by atoms with E-state index >= 15 is 0 Å². The predicted molar refractivity (Wildman–Crippen MR) is 94.1 cm³/mol. The topological polar surface area (TPSA) is 75.3 Å². The van der Waals surface area contributed by atoms with Gasteiger partial charge in [0, 0.05) is 17.8 Å². The molecule has 0 aromatic carbocycles. The summed E-state index contributed by atoms with van der Waals surface area (Å²) < 4.78 is 26.7. The molecule has 1 amide bonds. The van der Waals surface area contributed by atoms with E-state index in [0.717, 1.165) is 24.1 Å². The summed E-state index contributed by atoms with van der Waals surface area (Å²) in [7, 11) is -3.36. The number of nitrogens with one attached hydrogen (secondary N) is 2. The molecule has 0 aliphatic heterocycles. The fourth-order valence-electron chi connectivity index (χ4n) is 1.97. The van der Waals surface area contributed by atoms with Crippen LogP contribution in [0.25, 0.3) is 0 Å².